The average Bonchev–Trinajstić information content (AvgIpc) is 2.61. The molecular weight excluding hydrogens is 324 g/mol. The van der Waals surface area contributed by atoms with Crippen LogP contribution in [0.5, 0.6) is 0 Å². The minimum Gasteiger partial charge on any atom is -0.459 e. The van der Waals surface area contributed by atoms with E-state index in [4.69, 9.17) is 9.47 Å². The maximum atomic E-state index is 12.5. The molecule has 0 spiro atoms. The number of rotatable bonds is 3. The van der Waals surface area contributed by atoms with E-state index in [1.165, 1.54) is 6.07 Å². The van der Waals surface area contributed by atoms with Crippen molar-refractivity contribution in [2.75, 3.05) is 19.7 Å². The van der Waals surface area contributed by atoms with Crippen LogP contribution in [-0.2, 0) is 9.47 Å². The first-order valence-corrected chi connectivity index (χ1v) is 8.33. The summed E-state index contributed by atoms with van der Waals surface area (Å²) in [7, 11) is 0. The number of benzene rings is 1. The zero-order valence-corrected chi connectivity index (χ0v) is 14.0. The van der Waals surface area contributed by atoms with Crippen molar-refractivity contribution < 1.29 is 19.1 Å². The number of hydrogen-bond acceptors (Lipinski definition) is 5. The number of carbonyl (C=O) groups is 2. The number of esters is 1. The van der Waals surface area contributed by atoms with Crippen LogP contribution in [0.15, 0.2) is 35.1 Å². The SMILES string of the molecule is CCOC(=O)N1CCC(OC(=O)c2cc(=O)[nH]c3ccccc23)CC1. The van der Waals surface area contributed by atoms with Gasteiger partial charge in [-0.2, -0.15) is 0 Å². The van der Waals surface area contributed by atoms with Gasteiger partial charge < -0.3 is 19.4 Å². The first-order chi connectivity index (χ1) is 12.1. The highest BCUT2D eigenvalue weighted by molar-refractivity contribution is 6.03. The van der Waals surface area contributed by atoms with Crippen molar-refractivity contribution in [3.63, 3.8) is 0 Å². The number of likely N-dealkylation sites (tertiary alicyclic amines) is 1. The van der Waals surface area contributed by atoms with E-state index in [1.807, 2.05) is 0 Å². The number of fused-ring (bicyclic) bond motifs is 1. The number of pyridine rings is 1. The lowest BCUT2D eigenvalue weighted by molar-refractivity contribution is 0.0110. The fourth-order valence-electron chi connectivity index (χ4n) is 2.96. The van der Waals surface area contributed by atoms with Crippen molar-refractivity contribution in [1.29, 1.82) is 0 Å². The first kappa shape index (κ1) is 17.0. The molecule has 1 aliphatic heterocycles. The average molecular weight is 344 g/mol. The second-order valence-electron chi connectivity index (χ2n) is 5.88. The molecule has 3 rings (SSSR count). The maximum absolute atomic E-state index is 12.5. The van der Waals surface area contributed by atoms with Gasteiger partial charge in [0.15, 0.2) is 0 Å². The first-order valence-electron chi connectivity index (χ1n) is 8.33. The van der Waals surface area contributed by atoms with Gasteiger partial charge in [0.25, 0.3) is 0 Å². The van der Waals surface area contributed by atoms with Crippen LogP contribution >= 0.6 is 0 Å². The van der Waals surface area contributed by atoms with Crippen molar-refractivity contribution in [1.82, 2.24) is 9.88 Å². The Labute approximate surface area is 144 Å². The fraction of sp³-hybridized carbons (Fsp3) is 0.389. The number of ether oxygens (including phenoxy) is 2. The fourth-order valence-corrected chi connectivity index (χ4v) is 2.96. The van der Waals surface area contributed by atoms with Crippen LogP contribution in [0.1, 0.15) is 30.1 Å². The molecule has 1 saturated heterocycles. The quantitative estimate of drug-likeness (QED) is 0.863. The molecule has 132 valence electrons. The monoisotopic (exact) mass is 344 g/mol. The molecule has 1 aromatic carbocycles. The molecule has 25 heavy (non-hydrogen) atoms. The van der Waals surface area contributed by atoms with Gasteiger partial charge in [0.05, 0.1) is 12.2 Å². The topological polar surface area (TPSA) is 88.7 Å². The van der Waals surface area contributed by atoms with E-state index in [0.717, 1.165) is 0 Å². The normalized spacial score (nSPS) is 15.2. The van der Waals surface area contributed by atoms with Gasteiger partial charge in [0.2, 0.25) is 5.56 Å². The molecule has 0 bridgehead atoms. The molecule has 2 aromatic rings. The number of para-hydroxylation sites is 1. The smallest absolute Gasteiger partial charge is 0.409 e. The summed E-state index contributed by atoms with van der Waals surface area (Å²) in [5.41, 5.74) is 0.508. The van der Waals surface area contributed by atoms with Gasteiger partial charge >= 0.3 is 12.1 Å². The molecule has 1 fully saturated rings. The Morgan fingerprint density at radius 1 is 1.24 bits per heavy atom. The number of H-pyrrole nitrogens is 1. The molecule has 0 saturated carbocycles. The maximum Gasteiger partial charge on any atom is 0.409 e. The van der Waals surface area contributed by atoms with Crippen LogP contribution in [-0.4, -0.2) is 47.7 Å². The summed E-state index contributed by atoms with van der Waals surface area (Å²) in [4.78, 5) is 40.3. The van der Waals surface area contributed by atoms with Gasteiger partial charge in [-0.25, -0.2) is 9.59 Å². The third-order valence-corrected chi connectivity index (χ3v) is 4.21. The minimum atomic E-state index is -0.517. The van der Waals surface area contributed by atoms with Crippen LogP contribution in [0, 0.1) is 0 Å². The highest BCUT2D eigenvalue weighted by atomic mass is 16.6. The van der Waals surface area contributed by atoms with Gasteiger partial charge in [-0.3, -0.25) is 4.79 Å². The molecule has 1 amide bonds. The summed E-state index contributed by atoms with van der Waals surface area (Å²) in [6, 6.07) is 8.36. The third kappa shape index (κ3) is 3.81. The van der Waals surface area contributed by atoms with Crippen molar-refractivity contribution >= 4 is 23.0 Å². The molecular formula is C18H20N2O5. The summed E-state index contributed by atoms with van der Waals surface area (Å²) in [5, 5.41) is 0.649. The zero-order chi connectivity index (χ0) is 17.8. The van der Waals surface area contributed by atoms with E-state index in [1.54, 1.807) is 36.1 Å². The van der Waals surface area contributed by atoms with Gasteiger partial charge in [-0.15, -0.1) is 0 Å². The lowest BCUT2D eigenvalue weighted by Gasteiger charge is -2.30. The van der Waals surface area contributed by atoms with Crippen LogP contribution in [0.25, 0.3) is 10.9 Å². The number of carbonyl (C=O) groups excluding carboxylic acids is 2. The highest BCUT2D eigenvalue weighted by Crippen LogP contribution is 2.20. The summed E-state index contributed by atoms with van der Waals surface area (Å²) in [6.07, 6.45) is 0.473. The number of hydrogen-bond donors (Lipinski definition) is 1. The van der Waals surface area contributed by atoms with E-state index >= 15 is 0 Å². The number of aromatic amines is 1. The van der Waals surface area contributed by atoms with Crippen LogP contribution < -0.4 is 5.56 Å². The summed E-state index contributed by atoms with van der Waals surface area (Å²) in [5.74, 6) is -0.517. The number of amides is 1. The number of piperidine rings is 1. The molecule has 1 N–H and O–H groups in total. The number of nitrogens with zero attached hydrogens (tertiary/aromatic N) is 1. The van der Waals surface area contributed by atoms with E-state index in [-0.39, 0.29) is 23.3 Å². The van der Waals surface area contributed by atoms with Gasteiger partial charge in [0.1, 0.15) is 6.10 Å². The molecule has 0 unspecified atom stereocenters. The van der Waals surface area contributed by atoms with Gasteiger partial charge in [-0.1, -0.05) is 18.2 Å². The molecule has 0 radical (unpaired) electrons. The van der Waals surface area contributed by atoms with Gasteiger partial charge in [-0.05, 0) is 13.0 Å². The Morgan fingerprint density at radius 2 is 1.96 bits per heavy atom. The van der Waals surface area contributed by atoms with E-state index in [0.29, 0.717) is 43.4 Å². The molecule has 7 heteroatoms. The zero-order valence-electron chi connectivity index (χ0n) is 14.0. The molecule has 1 aromatic heterocycles. The second-order valence-corrected chi connectivity index (χ2v) is 5.88. The summed E-state index contributed by atoms with van der Waals surface area (Å²) >= 11 is 0. The Balaban J connectivity index is 1.68. The van der Waals surface area contributed by atoms with E-state index < -0.39 is 5.97 Å². The summed E-state index contributed by atoms with van der Waals surface area (Å²) < 4.78 is 10.5. The molecule has 1 aliphatic rings. The standard InChI is InChI=1S/C18H20N2O5/c1-2-24-18(23)20-9-7-12(8-10-20)25-17(22)14-11-16(21)19-15-6-4-3-5-13(14)15/h3-6,11-12H,2,7-10H2,1H3,(H,19,21). The largest absolute Gasteiger partial charge is 0.459 e. The van der Waals surface area contributed by atoms with Crippen LogP contribution in [0.4, 0.5) is 4.79 Å². The second kappa shape index (κ2) is 7.38. The highest BCUT2D eigenvalue weighted by Gasteiger charge is 2.26. The van der Waals surface area contributed by atoms with Gasteiger partial charge in [0, 0.05) is 42.9 Å². The predicted molar refractivity (Wildman–Crippen MR) is 91.6 cm³/mol. The Morgan fingerprint density at radius 3 is 2.68 bits per heavy atom. The van der Waals surface area contributed by atoms with Crippen molar-refractivity contribution in [3.8, 4) is 0 Å². The Kier molecular flexibility index (Phi) is 5.02. The molecule has 0 atom stereocenters. The lowest BCUT2D eigenvalue weighted by atomic mass is 10.1. The molecule has 7 nitrogen and oxygen atoms in total. The van der Waals surface area contributed by atoms with E-state index in [2.05, 4.69) is 4.98 Å². The third-order valence-electron chi connectivity index (χ3n) is 4.21. The minimum absolute atomic E-state index is 0.257. The van der Waals surface area contributed by atoms with E-state index in [9.17, 15) is 14.4 Å². The van der Waals surface area contributed by atoms with Crippen LogP contribution in [0.2, 0.25) is 0 Å². The van der Waals surface area contributed by atoms with Crippen molar-refractivity contribution in [2.24, 2.45) is 0 Å². The number of nitrogens with one attached hydrogen (secondary N) is 1. The molecule has 0 aliphatic carbocycles. The Bertz CT molecular complexity index is 837. The predicted octanol–water partition coefficient (Wildman–Crippen LogP) is 2.31. The Hall–Kier alpha value is -2.83. The number of aromatic nitrogens is 1. The summed E-state index contributed by atoms with van der Waals surface area (Å²) in [6.45, 7) is 3.06. The van der Waals surface area contributed by atoms with Crippen molar-refractivity contribution in [2.45, 2.75) is 25.9 Å². The van der Waals surface area contributed by atoms with Crippen LogP contribution in [0.3, 0.4) is 0 Å². The van der Waals surface area contributed by atoms with Crippen molar-refractivity contribution in [3.05, 3.63) is 46.2 Å². The molecule has 2 heterocycles. The lowest BCUT2D eigenvalue weighted by Crippen LogP contribution is -2.41.